The smallest absolute Gasteiger partial charge is 0.138 e. The predicted molar refractivity (Wildman–Crippen MR) is 59.6 cm³/mol. The van der Waals surface area contributed by atoms with E-state index in [-0.39, 0.29) is 0 Å². The molecule has 1 atom stereocenters. The molecule has 15 heavy (non-hydrogen) atoms. The molecule has 0 bridgehead atoms. The van der Waals surface area contributed by atoms with Gasteiger partial charge in [-0.25, -0.2) is 0 Å². The summed E-state index contributed by atoms with van der Waals surface area (Å²) in [6.07, 6.45) is 4.01. The highest BCUT2D eigenvalue weighted by molar-refractivity contribution is 5.20. The van der Waals surface area contributed by atoms with Crippen molar-refractivity contribution in [3.05, 3.63) is 17.0 Å². The number of nitrogens with zero attached hydrogens (tertiary/aromatic N) is 1. The fraction of sp³-hybridized carbons (Fsp3) is 0.750. The lowest BCUT2D eigenvalue weighted by Gasteiger charge is -2.15. The maximum atomic E-state index is 5.15. The van der Waals surface area contributed by atoms with Crippen LogP contribution in [0.25, 0.3) is 0 Å². The Hall–Kier alpha value is -0.830. The first-order valence-corrected chi connectivity index (χ1v) is 5.87. The van der Waals surface area contributed by atoms with Gasteiger partial charge in [-0.1, -0.05) is 12.1 Å². The lowest BCUT2D eigenvalue weighted by atomic mass is 10.1. The van der Waals surface area contributed by atoms with Crippen LogP contribution in [0.15, 0.2) is 4.52 Å². The molecular weight excluding hydrogens is 188 g/mol. The summed E-state index contributed by atoms with van der Waals surface area (Å²) >= 11 is 0. The molecule has 0 saturated heterocycles. The second-order valence-corrected chi connectivity index (χ2v) is 4.54. The molecule has 1 N–H and O–H groups in total. The number of aromatic nitrogens is 1. The summed E-state index contributed by atoms with van der Waals surface area (Å²) in [6.45, 7) is 7.14. The van der Waals surface area contributed by atoms with Crippen LogP contribution in [0, 0.1) is 19.8 Å². The van der Waals surface area contributed by atoms with Crippen LogP contribution in [0.3, 0.4) is 0 Å². The van der Waals surface area contributed by atoms with Crippen LogP contribution in [0.1, 0.15) is 43.2 Å². The van der Waals surface area contributed by atoms with Gasteiger partial charge in [0.05, 0.1) is 5.69 Å². The van der Waals surface area contributed by atoms with Crippen molar-refractivity contribution in [2.45, 2.75) is 52.6 Å². The largest absolute Gasteiger partial charge is 0.361 e. The average Bonchev–Trinajstić information content (AvgIpc) is 3.00. The fourth-order valence-corrected chi connectivity index (χ4v) is 2.13. The van der Waals surface area contributed by atoms with Crippen LogP contribution < -0.4 is 5.32 Å². The Balaban J connectivity index is 1.91. The predicted octanol–water partition coefficient (Wildman–Crippen LogP) is 2.57. The molecule has 3 nitrogen and oxygen atoms in total. The molecule has 0 radical (unpaired) electrons. The fourth-order valence-electron chi connectivity index (χ4n) is 2.13. The van der Waals surface area contributed by atoms with Gasteiger partial charge in [0, 0.05) is 18.2 Å². The molecule has 0 aliphatic heterocycles. The summed E-state index contributed by atoms with van der Waals surface area (Å²) in [4.78, 5) is 0. The lowest BCUT2D eigenvalue weighted by Crippen LogP contribution is -2.30. The molecular formula is C12H20N2O. The number of aryl methyl sites for hydroxylation is 2. The van der Waals surface area contributed by atoms with E-state index in [0.29, 0.717) is 6.04 Å². The molecule has 1 heterocycles. The summed E-state index contributed by atoms with van der Waals surface area (Å²) in [5.74, 6) is 1.86. The highest BCUT2D eigenvalue weighted by Gasteiger charge is 2.29. The number of hydrogen-bond acceptors (Lipinski definition) is 3. The van der Waals surface area contributed by atoms with Gasteiger partial charge in [-0.2, -0.15) is 0 Å². The van der Waals surface area contributed by atoms with Crippen LogP contribution in [-0.4, -0.2) is 11.2 Å². The van der Waals surface area contributed by atoms with Crippen molar-refractivity contribution in [1.82, 2.24) is 10.5 Å². The van der Waals surface area contributed by atoms with E-state index in [0.717, 1.165) is 23.9 Å². The van der Waals surface area contributed by atoms with Crippen molar-refractivity contribution < 1.29 is 4.52 Å². The number of nitrogens with one attached hydrogen (secondary N) is 1. The Labute approximate surface area is 91.2 Å². The normalized spacial score (nSPS) is 18.1. The molecule has 84 valence electrons. The Morgan fingerprint density at radius 3 is 2.67 bits per heavy atom. The zero-order chi connectivity index (χ0) is 10.8. The van der Waals surface area contributed by atoms with Crippen molar-refractivity contribution in [2.24, 2.45) is 5.92 Å². The van der Waals surface area contributed by atoms with Crippen LogP contribution in [0.5, 0.6) is 0 Å². The molecule has 1 aliphatic carbocycles. The van der Waals surface area contributed by atoms with Crippen molar-refractivity contribution in [1.29, 1.82) is 0 Å². The van der Waals surface area contributed by atoms with Crippen LogP contribution in [0.2, 0.25) is 0 Å². The summed E-state index contributed by atoms with van der Waals surface area (Å²) in [6, 6.07) is 0.679. The van der Waals surface area contributed by atoms with Gasteiger partial charge >= 0.3 is 0 Å². The second-order valence-electron chi connectivity index (χ2n) is 4.54. The molecule has 0 spiro atoms. The average molecular weight is 208 g/mol. The van der Waals surface area contributed by atoms with Crippen molar-refractivity contribution in [3.63, 3.8) is 0 Å². The first-order valence-electron chi connectivity index (χ1n) is 5.87. The molecule has 1 fully saturated rings. The lowest BCUT2D eigenvalue weighted by molar-refractivity contribution is 0.390. The van der Waals surface area contributed by atoms with E-state index in [1.807, 2.05) is 13.8 Å². The van der Waals surface area contributed by atoms with Gasteiger partial charge in [0.15, 0.2) is 0 Å². The van der Waals surface area contributed by atoms with E-state index in [2.05, 4.69) is 17.4 Å². The first-order chi connectivity index (χ1) is 7.22. The Morgan fingerprint density at radius 1 is 1.47 bits per heavy atom. The Kier molecular flexibility index (Phi) is 3.10. The van der Waals surface area contributed by atoms with E-state index in [9.17, 15) is 0 Å². The van der Waals surface area contributed by atoms with Gasteiger partial charge in [-0.05, 0) is 39.0 Å². The van der Waals surface area contributed by atoms with E-state index < -0.39 is 0 Å². The molecule has 2 rings (SSSR count). The molecule has 0 aromatic carbocycles. The van der Waals surface area contributed by atoms with E-state index >= 15 is 0 Å². The topological polar surface area (TPSA) is 38.1 Å². The Bertz CT molecular complexity index is 309. The second kappa shape index (κ2) is 4.35. The van der Waals surface area contributed by atoms with Crippen LogP contribution >= 0.6 is 0 Å². The molecule has 1 aromatic rings. The van der Waals surface area contributed by atoms with E-state index in [1.165, 1.54) is 24.8 Å². The summed E-state index contributed by atoms with van der Waals surface area (Å²) < 4.78 is 5.15. The van der Waals surface area contributed by atoms with Crippen LogP contribution in [0.4, 0.5) is 0 Å². The molecule has 1 aliphatic rings. The minimum atomic E-state index is 0.679. The number of rotatable bonds is 5. The van der Waals surface area contributed by atoms with E-state index in [4.69, 9.17) is 4.52 Å². The monoisotopic (exact) mass is 208 g/mol. The van der Waals surface area contributed by atoms with E-state index in [1.54, 1.807) is 0 Å². The Morgan fingerprint density at radius 2 is 2.20 bits per heavy atom. The standard InChI is InChI=1S/C12H20N2O/c1-4-12(10-5-6-10)13-7-11-8(2)14-15-9(11)3/h10,12-13H,4-7H2,1-3H3. The van der Waals surface area contributed by atoms with Crippen molar-refractivity contribution >= 4 is 0 Å². The molecule has 0 amide bonds. The van der Waals surface area contributed by atoms with Crippen molar-refractivity contribution in [3.8, 4) is 0 Å². The summed E-state index contributed by atoms with van der Waals surface area (Å²) in [5, 5.41) is 7.58. The van der Waals surface area contributed by atoms with Gasteiger partial charge in [0.1, 0.15) is 5.76 Å². The third-order valence-corrected chi connectivity index (χ3v) is 3.35. The zero-order valence-electron chi connectivity index (χ0n) is 9.84. The van der Waals surface area contributed by atoms with Crippen molar-refractivity contribution in [2.75, 3.05) is 0 Å². The zero-order valence-corrected chi connectivity index (χ0v) is 9.84. The third-order valence-electron chi connectivity index (χ3n) is 3.35. The van der Waals surface area contributed by atoms with Gasteiger partial charge in [0.25, 0.3) is 0 Å². The summed E-state index contributed by atoms with van der Waals surface area (Å²) in [7, 11) is 0. The highest BCUT2D eigenvalue weighted by atomic mass is 16.5. The van der Waals surface area contributed by atoms with Gasteiger partial charge in [-0.3, -0.25) is 0 Å². The molecule has 1 saturated carbocycles. The SMILES string of the molecule is CCC(NCc1c(C)noc1C)C1CC1. The van der Waals surface area contributed by atoms with Gasteiger partial charge < -0.3 is 9.84 Å². The first kappa shape index (κ1) is 10.7. The minimum absolute atomic E-state index is 0.679. The minimum Gasteiger partial charge on any atom is -0.361 e. The number of hydrogen-bond donors (Lipinski definition) is 1. The maximum Gasteiger partial charge on any atom is 0.138 e. The van der Waals surface area contributed by atoms with Crippen LogP contribution in [-0.2, 0) is 6.54 Å². The quantitative estimate of drug-likeness (QED) is 0.808. The summed E-state index contributed by atoms with van der Waals surface area (Å²) in [5.41, 5.74) is 2.25. The third kappa shape index (κ3) is 2.40. The highest BCUT2D eigenvalue weighted by Crippen LogP contribution is 2.34. The maximum absolute atomic E-state index is 5.15. The molecule has 1 unspecified atom stereocenters. The molecule has 3 heteroatoms. The van der Waals surface area contributed by atoms with Gasteiger partial charge in [0.2, 0.25) is 0 Å². The molecule has 1 aromatic heterocycles. The van der Waals surface area contributed by atoms with Gasteiger partial charge in [-0.15, -0.1) is 0 Å².